The van der Waals surface area contributed by atoms with Gasteiger partial charge in [0.2, 0.25) is 5.95 Å². The zero-order valence-corrected chi connectivity index (χ0v) is 10.5. The Kier molecular flexibility index (Phi) is 3.00. The second kappa shape index (κ2) is 4.81. The average molecular weight is 257 g/mol. The second-order valence-electron chi connectivity index (χ2n) is 4.73. The predicted octanol–water partition coefficient (Wildman–Crippen LogP) is 0.250. The summed E-state index contributed by atoms with van der Waals surface area (Å²) >= 11 is 0. The van der Waals surface area contributed by atoms with Gasteiger partial charge in [-0.05, 0) is 5.56 Å². The molecule has 0 aliphatic carbocycles. The van der Waals surface area contributed by atoms with Crippen LogP contribution in [0.15, 0.2) is 30.7 Å². The van der Waals surface area contributed by atoms with Crippen LogP contribution >= 0.6 is 0 Å². The molecule has 0 saturated heterocycles. The molecule has 0 atom stereocenters. The van der Waals surface area contributed by atoms with Crippen molar-refractivity contribution in [3.63, 3.8) is 0 Å². The Morgan fingerprint density at radius 2 is 2.16 bits per heavy atom. The molecule has 3 heterocycles. The van der Waals surface area contributed by atoms with Crippen molar-refractivity contribution in [2.75, 3.05) is 12.3 Å². The highest BCUT2D eigenvalue weighted by Crippen LogP contribution is 2.18. The number of rotatable bonds is 2. The number of nitrogens with two attached hydrogens (primary N) is 1. The summed E-state index contributed by atoms with van der Waals surface area (Å²) in [4.78, 5) is 10.6. The maximum absolute atomic E-state index is 11.0. The lowest BCUT2D eigenvalue weighted by atomic mass is 10.1. The fraction of sp³-hybridized carbons (Fsp3) is 0.308. The van der Waals surface area contributed by atoms with Crippen molar-refractivity contribution in [3.8, 4) is 0 Å². The summed E-state index contributed by atoms with van der Waals surface area (Å²) < 4.78 is 0.797. The first-order valence-electron chi connectivity index (χ1n) is 6.21. The summed E-state index contributed by atoms with van der Waals surface area (Å²) in [7, 11) is 0. The van der Waals surface area contributed by atoms with Crippen LogP contribution in [-0.4, -0.2) is 21.4 Å². The van der Waals surface area contributed by atoms with E-state index in [0.717, 1.165) is 47.6 Å². The topological polar surface area (TPSA) is 82.0 Å². The van der Waals surface area contributed by atoms with Gasteiger partial charge in [-0.25, -0.2) is 9.97 Å². The maximum Gasteiger partial charge on any atom is 0.220 e. The van der Waals surface area contributed by atoms with E-state index in [1.807, 2.05) is 12.1 Å². The number of aromatic nitrogens is 3. The number of anilines is 1. The van der Waals surface area contributed by atoms with E-state index in [9.17, 15) is 5.21 Å². The van der Waals surface area contributed by atoms with Crippen molar-refractivity contribution < 1.29 is 4.73 Å². The number of nitrogens with zero attached hydrogens (tertiary/aromatic N) is 4. The molecule has 3 rings (SSSR count). The summed E-state index contributed by atoms with van der Waals surface area (Å²) in [6.07, 6.45) is 5.74. The summed E-state index contributed by atoms with van der Waals surface area (Å²) in [6.45, 7) is 2.59. The first-order chi connectivity index (χ1) is 9.20. The van der Waals surface area contributed by atoms with Crippen LogP contribution in [0.1, 0.15) is 16.8 Å². The third kappa shape index (κ3) is 2.63. The minimum Gasteiger partial charge on any atom is -0.619 e. The van der Waals surface area contributed by atoms with Crippen LogP contribution in [0.2, 0.25) is 0 Å². The molecule has 1 aliphatic rings. The average Bonchev–Trinajstić information content (AvgIpc) is 2.42. The molecule has 6 nitrogen and oxygen atoms in total. The predicted molar refractivity (Wildman–Crippen MR) is 69.7 cm³/mol. The lowest BCUT2D eigenvalue weighted by Gasteiger charge is -2.27. The fourth-order valence-electron chi connectivity index (χ4n) is 2.33. The SMILES string of the molecule is Nc1ncc2c(n1)CCN(Cc1cc[n+]([O-])cc1)C2. The quantitative estimate of drug-likeness (QED) is 0.616. The van der Waals surface area contributed by atoms with Crippen LogP contribution in [0, 0.1) is 5.21 Å². The van der Waals surface area contributed by atoms with Crippen LogP contribution in [0.4, 0.5) is 5.95 Å². The zero-order valence-electron chi connectivity index (χ0n) is 10.5. The number of nitrogen functional groups attached to an aromatic ring is 1. The summed E-state index contributed by atoms with van der Waals surface area (Å²) in [5.74, 6) is 0.343. The molecule has 6 heteroatoms. The van der Waals surface area contributed by atoms with Gasteiger partial charge < -0.3 is 10.9 Å². The van der Waals surface area contributed by atoms with Gasteiger partial charge in [0.05, 0.1) is 5.69 Å². The van der Waals surface area contributed by atoms with E-state index in [1.54, 1.807) is 6.20 Å². The summed E-state index contributed by atoms with van der Waals surface area (Å²) in [6, 6.07) is 3.70. The van der Waals surface area contributed by atoms with E-state index in [-0.39, 0.29) is 0 Å². The molecule has 1 aliphatic heterocycles. The van der Waals surface area contributed by atoms with Gasteiger partial charge in [0.15, 0.2) is 12.4 Å². The molecular weight excluding hydrogens is 242 g/mol. The highest BCUT2D eigenvalue weighted by molar-refractivity contribution is 5.27. The van der Waals surface area contributed by atoms with E-state index >= 15 is 0 Å². The van der Waals surface area contributed by atoms with Crippen LogP contribution < -0.4 is 10.5 Å². The molecule has 0 aromatic carbocycles. The number of fused-ring (bicyclic) bond motifs is 1. The molecular formula is C13H15N5O. The molecule has 2 aromatic heterocycles. The highest BCUT2D eigenvalue weighted by Gasteiger charge is 2.18. The van der Waals surface area contributed by atoms with Gasteiger partial charge in [-0.2, -0.15) is 4.73 Å². The molecule has 2 N–H and O–H groups in total. The van der Waals surface area contributed by atoms with E-state index in [2.05, 4.69) is 14.9 Å². The Morgan fingerprint density at radius 1 is 1.37 bits per heavy atom. The Bertz CT molecular complexity index is 584. The monoisotopic (exact) mass is 257 g/mol. The zero-order chi connectivity index (χ0) is 13.2. The lowest BCUT2D eigenvalue weighted by molar-refractivity contribution is -0.605. The van der Waals surface area contributed by atoms with E-state index in [0.29, 0.717) is 5.95 Å². The molecule has 0 amide bonds. The second-order valence-corrected chi connectivity index (χ2v) is 4.73. The van der Waals surface area contributed by atoms with E-state index in [4.69, 9.17) is 5.73 Å². The van der Waals surface area contributed by atoms with Crippen LogP contribution in [0.3, 0.4) is 0 Å². The highest BCUT2D eigenvalue weighted by atomic mass is 16.5. The Labute approximate surface area is 111 Å². The lowest BCUT2D eigenvalue weighted by Crippen LogP contribution is -2.31. The first kappa shape index (κ1) is 11.9. The minimum atomic E-state index is 0.343. The Balaban J connectivity index is 1.72. The first-order valence-corrected chi connectivity index (χ1v) is 6.21. The van der Waals surface area contributed by atoms with Gasteiger partial charge in [0, 0.05) is 49.9 Å². The van der Waals surface area contributed by atoms with Gasteiger partial charge in [0.25, 0.3) is 0 Å². The van der Waals surface area contributed by atoms with Crippen molar-refractivity contribution in [2.45, 2.75) is 19.5 Å². The number of hydrogen-bond acceptors (Lipinski definition) is 5. The van der Waals surface area contributed by atoms with Crippen molar-refractivity contribution >= 4 is 5.95 Å². The normalized spacial score (nSPS) is 15.2. The Morgan fingerprint density at radius 3 is 2.95 bits per heavy atom. The molecule has 0 radical (unpaired) electrons. The molecule has 19 heavy (non-hydrogen) atoms. The molecule has 0 bridgehead atoms. The van der Waals surface area contributed by atoms with Crippen LogP contribution in [0.5, 0.6) is 0 Å². The smallest absolute Gasteiger partial charge is 0.220 e. The number of pyridine rings is 1. The fourth-order valence-corrected chi connectivity index (χ4v) is 2.33. The van der Waals surface area contributed by atoms with Crippen molar-refractivity contribution in [3.05, 3.63) is 52.8 Å². The van der Waals surface area contributed by atoms with E-state index in [1.165, 1.54) is 12.4 Å². The van der Waals surface area contributed by atoms with Gasteiger partial charge in [-0.1, -0.05) is 0 Å². The maximum atomic E-state index is 11.0. The molecule has 0 spiro atoms. The van der Waals surface area contributed by atoms with Gasteiger partial charge in [0.1, 0.15) is 0 Å². The number of hydrogen-bond donors (Lipinski definition) is 1. The largest absolute Gasteiger partial charge is 0.619 e. The van der Waals surface area contributed by atoms with Crippen molar-refractivity contribution in [1.29, 1.82) is 0 Å². The molecule has 0 unspecified atom stereocenters. The van der Waals surface area contributed by atoms with Gasteiger partial charge in [-0.3, -0.25) is 4.90 Å². The van der Waals surface area contributed by atoms with Crippen molar-refractivity contribution in [1.82, 2.24) is 14.9 Å². The standard InChI is InChI=1S/C13H15N5O/c14-13-15-7-11-9-17(4-3-12(11)16-13)8-10-1-5-18(19)6-2-10/h1-2,5-7H,3-4,8-9H2,(H2,14,15,16). The van der Waals surface area contributed by atoms with Crippen LogP contribution in [0.25, 0.3) is 0 Å². The minimum absolute atomic E-state index is 0.343. The molecule has 0 fully saturated rings. The van der Waals surface area contributed by atoms with Crippen LogP contribution in [-0.2, 0) is 19.5 Å². The third-order valence-corrected chi connectivity index (χ3v) is 3.31. The summed E-state index contributed by atoms with van der Waals surface area (Å²) in [5.41, 5.74) is 8.90. The van der Waals surface area contributed by atoms with E-state index < -0.39 is 0 Å². The van der Waals surface area contributed by atoms with Crippen molar-refractivity contribution in [2.24, 2.45) is 0 Å². The third-order valence-electron chi connectivity index (χ3n) is 3.31. The van der Waals surface area contributed by atoms with Gasteiger partial charge in [-0.15, -0.1) is 0 Å². The molecule has 2 aromatic rings. The molecule has 0 saturated carbocycles. The van der Waals surface area contributed by atoms with Gasteiger partial charge >= 0.3 is 0 Å². The Hall–Kier alpha value is -2.21. The summed E-state index contributed by atoms with van der Waals surface area (Å²) in [5, 5.41) is 11.0. The molecule has 98 valence electrons.